The highest BCUT2D eigenvalue weighted by molar-refractivity contribution is 7.89. The van der Waals surface area contributed by atoms with E-state index < -0.39 is 10.0 Å². The van der Waals surface area contributed by atoms with Crippen molar-refractivity contribution in [3.05, 3.63) is 24.3 Å². The number of ether oxygens (including phenoxy) is 2. The zero-order valence-electron chi connectivity index (χ0n) is 11.5. The molecule has 1 aromatic carbocycles. The summed E-state index contributed by atoms with van der Waals surface area (Å²) in [6, 6.07) is 6.07. The van der Waals surface area contributed by atoms with Crippen molar-refractivity contribution in [2.24, 2.45) is 5.14 Å². The van der Waals surface area contributed by atoms with Crippen molar-refractivity contribution in [2.75, 3.05) is 32.8 Å². The maximum atomic E-state index is 11.1. The minimum absolute atomic E-state index is 0.0432. The number of nitrogens with two attached hydrogens (primary N) is 1. The Labute approximate surface area is 119 Å². The molecule has 1 atom stereocenters. The van der Waals surface area contributed by atoms with E-state index in [1.165, 1.54) is 12.1 Å². The van der Waals surface area contributed by atoms with Crippen LogP contribution < -0.4 is 9.88 Å². The molecule has 1 aliphatic heterocycles. The molecule has 20 heavy (non-hydrogen) atoms. The summed E-state index contributed by atoms with van der Waals surface area (Å²) in [4.78, 5) is 2.39. The van der Waals surface area contributed by atoms with Gasteiger partial charge in [-0.25, -0.2) is 13.6 Å². The highest BCUT2D eigenvalue weighted by atomic mass is 32.2. The number of rotatable bonds is 5. The summed E-state index contributed by atoms with van der Waals surface area (Å²) in [6.07, 6.45) is 0.0432. The monoisotopic (exact) mass is 300 g/mol. The molecular formula is C13H20N2O4S. The number of likely N-dealkylation sites (N-methyl/N-ethyl adjacent to an activating group) is 1. The van der Waals surface area contributed by atoms with E-state index in [4.69, 9.17) is 14.6 Å². The zero-order chi connectivity index (χ0) is 14.6. The number of hydrogen-bond donors (Lipinski definition) is 1. The molecule has 2 rings (SSSR count). The van der Waals surface area contributed by atoms with Gasteiger partial charge in [0.05, 0.1) is 11.5 Å². The van der Waals surface area contributed by atoms with E-state index in [0.29, 0.717) is 19.0 Å². The molecule has 1 fully saturated rings. The number of primary sulfonamides is 1. The molecule has 0 bridgehead atoms. The maximum absolute atomic E-state index is 11.1. The minimum atomic E-state index is -3.65. The smallest absolute Gasteiger partial charge is 0.238 e. The van der Waals surface area contributed by atoms with Crippen molar-refractivity contribution >= 4 is 10.0 Å². The first kappa shape index (κ1) is 15.2. The normalized spacial score (nSPS) is 20.8. The molecule has 1 aromatic rings. The summed E-state index contributed by atoms with van der Waals surface area (Å²) in [5.41, 5.74) is 0. The maximum Gasteiger partial charge on any atom is 0.238 e. The fourth-order valence-corrected chi connectivity index (χ4v) is 2.60. The van der Waals surface area contributed by atoms with Crippen molar-refractivity contribution in [1.82, 2.24) is 4.90 Å². The summed E-state index contributed by atoms with van der Waals surface area (Å²) in [5.74, 6) is 0.606. The molecule has 0 radical (unpaired) electrons. The van der Waals surface area contributed by atoms with Gasteiger partial charge < -0.3 is 9.47 Å². The Morgan fingerprint density at radius 2 is 2.10 bits per heavy atom. The van der Waals surface area contributed by atoms with Crippen LogP contribution >= 0.6 is 0 Å². The van der Waals surface area contributed by atoms with Gasteiger partial charge in [0.25, 0.3) is 0 Å². The quantitative estimate of drug-likeness (QED) is 0.853. The number of benzene rings is 1. The first-order valence-corrected chi connectivity index (χ1v) is 8.13. The summed E-state index contributed by atoms with van der Waals surface area (Å²) < 4.78 is 33.5. The van der Waals surface area contributed by atoms with Crippen molar-refractivity contribution < 1.29 is 17.9 Å². The number of nitrogens with zero attached hydrogens (tertiary/aromatic N) is 1. The molecular weight excluding hydrogens is 280 g/mol. The highest BCUT2D eigenvalue weighted by Crippen LogP contribution is 2.16. The third-order valence-corrected chi connectivity index (χ3v) is 4.19. The Morgan fingerprint density at radius 3 is 2.70 bits per heavy atom. The molecule has 112 valence electrons. The molecule has 1 saturated heterocycles. The van der Waals surface area contributed by atoms with E-state index in [2.05, 4.69) is 11.8 Å². The van der Waals surface area contributed by atoms with Crippen LogP contribution in [-0.2, 0) is 14.8 Å². The third kappa shape index (κ3) is 4.17. The second kappa shape index (κ2) is 6.53. The molecule has 6 nitrogen and oxygen atoms in total. The van der Waals surface area contributed by atoms with E-state index in [1.54, 1.807) is 12.1 Å². The Balaban J connectivity index is 1.88. The molecule has 2 N–H and O–H groups in total. The molecule has 1 heterocycles. The van der Waals surface area contributed by atoms with Crippen molar-refractivity contribution in [2.45, 2.75) is 17.9 Å². The van der Waals surface area contributed by atoms with Gasteiger partial charge >= 0.3 is 0 Å². The summed E-state index contributed by atoms with van der Waals surface area (Å²) in [7, 11) is -3.65. The summed E-state index contributed by atoms with van der Waals surface area (Å²) in [6.45, 7) is 6.09. The van der Waals surface area contributed by atoms with Crippen LogP contribution in [0.1, 0.15) is 6.92 Å². The van der Waals surface area contributed by atoms with Crippen LogP contribution in [0, 0.1) is 0 Å². The third-order valence-electron chi connectivity index (χ3n) is 3.26. The fraction of sp³-hybridized carbons (Fsp3) is 0.538. The lowest BCUT2D eigenvalue weighted by atomic mass is 10.3. The summed E-state index contributed by atoms with van der Waals surface area (Å²) >= 11 is 0. The van der Waals surface area contributed by atoms with Crippen LogP contribution in [0.15, 0.2) is 29.2 Å². The molecule has 1 aliphatic rings. The molecule has 0 spiro atoms. The van der Waals surface area contributed by atoms with Gasteiger partial charge in [-0.05, 0) is 30.8 Å². The lowest BCUT2D eigenvalue weighted by molar-refractivity contribution is -0.0464. The number of hydrogen-bond acceptors (Lipinski definition) is 5. The van der Waals surface area contributed by atoms with Gasteiger partial charge in [-0.2, -0.15) is 0 Å². The van der Waals surface area contributed by atoms with Gasteiger partial charge in [0.1, 0.15) is 18.5 Å². The van der Waals surface area contributed by atoms with Crippen molar-refractivity contribution in [3.8, 4) is 5.75 Å². The van der Waals surface area contributed by atoms with Gasteiger partial charge in [0.2, 0.25) is 10.0 Å². The van der Waals surface area contributed by atoms with Gasteiger partial charge in [0.15, 0.2) is 0 Å². The average Bonchev–Trinajstić information content (AvgIpc) is 2.45. The first-order chi connectivity index (χ1) is 9.49. The Morgan fingerprint density at radius 1 is 1.40 bits per heavy atom. The SMILES string of the molecule is CCN1CCOC(COc2ccc(S(N)(=O)=O)cc2)C1. The Bertz CT molecular complexity index is 530. The van der Waals surface area contributed by atoms with Crippen molar-refractivity contribution in [1.29, 1.82) is 0 Å². The van der Waals surface area contributed by atoms with Crippen LogP contribution in [0.2, 0.25) is 0 Å². The van der Waals surface area contributed by atoms with E-state index in [1.807, 2.05) is 0 Å². The van der Waals surface area contributed by atoms with E-state index in [9.17, 15) is 8.42 Å². The lowest BCUT2D eigenvalue weighted by Gasteiger charge is -2.31. The minimum Gasteiger partial charge on any atom is -0.491 e. The van der Waals surface area contributed by atoms with Crippen LogP contribution in [-0.4, -0.2) is 52.3 Å². The predicted molar refractivity (Wildman–Crippen MR) is 75.2 cm³/mol. The van der Waals surface area contributed by atoms with Crippen LogP contribution in [0.5, 0.6) is 5.75 Å². The molecule has 1 unspecified atom stereocenters. The lowest BCUT2D eigenvalue weighted by Crippen LogP contribution is -2.44. The number of sulfonamides is 1. The second-order valence-electron chi connectivity index (χ2n) is 4.71. The predicted octanol–water partition coefficient (Wildman–Crippen LogP) is 0.434. The molecule has 0 aliphatic carbocycles. The van der Waals surface area contributed by atoms with E-state index in [0.717, 1.165) is 19.6 Å². The highest BCUT2D eigenvalue weighted by Gasteiger charge is 2.19. The number of morpholine rings is 1. The largest absolute Gasteiger partial charge is 0.491 e. The van der Waals surface area contributed by atoms with Crippen LogP contribution in [0.3, 0.4) is 0 Å². The topological polar surface area (TPSA) is 81.9 Å². The van der Waals surface area contributed by atoms with Crippen LogP contribution in [0.25, 0.3) is 0 Å². The molecule has 0 saturated carbocycles. The average molecular weight is 300 g/mol. The Hall–Kier alpha value is -1.15. The van der Waals surface area contributed by atoms with Gasteiger partial charge in [-0.3, -0.25) is 4.90 Å². The van der Waals surface area contributed by atoms with Gasteiger partial charge in [-0.15, -0.1) is 0 Å². The van der Waals surface area contributed by atoms with E-state index in [-0.39, 0.29) is 11.0 Å². The van der Waals surface area contributed by atoms with Crippen molar-refractivity contribution in [3.63, 3.8) is 0 Å². The standard InChI is InChI=1S/C13H20N2O4S/c1-2-15-7-8-18-12(9-15)10-19-11-3-5-13(6-4-11)20(14,16)17/h3-6,12H,2,7-10H2,1H3,(H2,14,16,17). The molecule has 0 aromatic heterocycles. The first-order valence-electron chi connectivity index (χ1n) is 6.58. The van der Waals surface area contributed by atoms with Crippen LogP contribution in [0.4, 0.5) is 0 Å². The summed E-state index contributed by atoms with van der Waals surface area (Å²) in [5, 5.41) is 5.03. The van der Waals surface area contributed by atoms with E-state index >= 15 is 0 Å². The fourth-order valence-electron chi connectivity index (χ4n) is 2.08. The second-order valence-corrected chi connectivity index (χ2v) is 6.27. The zero-order valence-corrected chi connectivity index (χ0v) is 12.3. The Kier molecular flexibility index (Phi) is 4.98. The van der Waals surface area contributed by atoms with Gasteiger partial charge in [-0.1, -0.05) is 6.92 Å². The molecule has 0 amide bonds. The molecule has 7 heteroatoms. The van der Waals surface area contributed by atoms with Gasteiger partial charge in [0, 0.05) is 13.1 Å².